The highest BCUT2D eigenvalue weighted by molar-refractivity contribution is 5.87. The molecule has 1 saturated heterocycles. The van der Waals surface area contributed by atoms with E-state index in [-0.39, 0.29) is 6.04 Å². The van der Waals surface area contributed by atoms with E-state index in [1.807, 2.05) is 0 Å². The molecule has 0 radical (unpaired) electrons. The molecule has 2 aliphatic heterocycles. The minimum atomic E-state index is 0.286. The number of benzene rings is 1. The van der Waals surface area contributed by atoms with Gasteiger partial charge in [0.15, 0.2) is 0 Å². The zero-order chi connectivity index (χ0) is 16.1. The molecular weight excluding hydrogens is 296 g/mol. The maximum absolute atomic E-state index is 12.9. The second-order valence-electron chi connectivity index (χ2n) is 8.00. The van der Waals surface area contributed by atoms with E-state index in [4.69, 9.17) is 0 Å². The zero-order valence-corrected chi connectivity index (χ0v) is 14.3. The van der Waals surface area contributed by atoms with Crippen molar-refractivity contribution in [3.8, 4) is 0 Å². The van der Waals surface area contributed by atoms with E-state index in [1.54, 1.807) is 0 Å². The van der Waals surface area contributed by atoms with E-state index in [2.05, 4.69) is 34.1 Å². The third-order valence-electron chi connectivity index (χ3n) is 6.73. The number of hydrogen-bond acceptors (Lipinski definition) is 2. The smallest absolute Gasteiger partial charge is 0.139 e. The molecule has 1 aromatic heterocycles. The molecule has 3 heteroatoms. The fraction of sp³-hybridized carbons (Fsp3) is 0.571. The summed E-state index contributed by atoms with van der Waals surface area (Å²) in [4.78, 5) is 19.2. The molecule has 0 bridgehead atoms. The lowest BCUT2D eigenvalue weighted by molar-refractivity contribution is -0.131. The predicted molar refractivity (Wildman–Crippen MR) is 96.0 cm³/mol. The summed E-state index contributed by atoms with van der Waals surface area (Å²) >= 11 is 0. The average Bonchev–Trinajstić information content (AvgIpc) is 3.01. The summed E-state index contributed by atoms with van der Waals surface area (Å²) in [5.41, 5.74) is 4.00. The molecule has 5 rings (SSSR count). The molecule has 1 aromatic carbocycles. The topological polar surface area (TPSA) is 36.1 Å². The Labute approximate surface area is 143 Å². The van der Waals surface area contributed by atoms with Crippen molar-refractivity contribution in [2.24, 2.45) is 11.8 Å². The van der Waals surface area contributed by atoms with E-state index in [0.29, 0.717) is 24.0 Å². The predicted octanol–water partition coefficient (Wildman–Crippen LogP) is 4.24. The standard InChI is InChI=1S/C21H26N2O/c24-20-12-19-21-16(15-8-4-5-9-18(15)22-21)10-11-23(19)13-17(20)14-6-2-1-3-7-14/h4-5,8-9,14,17,19,22H,1-3,6-7,10-13H2/t17?,19-/m0/s1. The zero-order valence-electron chi connectivity index (χ0n) is 14.3. The van der Waals surface area contributed by atoms with Crippen molar-refractivity contribution in [2.75, 3.05) is 13.1 Å². The monoisotopic (exact) mass is 322 g/mol. The van der Waals surface area contributed by atoms with E-state index in [1.165, 1.54) is 54.3 Å². The average molecular weight is 322 g/mol. The van der Waals surface area contributed by atoms with Gasteiger partial charge in [0.2, 0.25) is 0 Å². The van der Waals surface area contributed by atoms with Crippen LogP contribution in [0.3, 0.4) is 0 Å². The molecule has 1 saturated carbocycles. The molecule has 3 nitrogen and oxygen atoms in total. The van der Waals surface area contributed by atoms with E-state index < -0.39 is 0 Å². The van der Waals surface area contributed by atoms with Gasteiger partial charge in [-0.05, 0) is 36.8 Å². The number of para-hydroxylation sites is 1. The fourth-order valence-electron chi connectivity index (χ4n) is 5.46. The molecule has 2 aromatic rings. The molecule has 24 heavy (non-hydrogen) atoms. The number of rotatable bonds is 1. The number of nitrogens with zero attached hydrogens (tertiary/aromatic N) is 1. The molecule has 1 N–H and O–H groups in total. The summed E-state index contributed by atoms with van der Waals surface area (Å²) in [6.07, 6.45) is 8.37. The van der Waals surface area contributed by atoms with Gasteiger partial charge in [-0.2, -0.15) is 0 Å². The van der Waals surface area contributed by atoms with Gasteiger partial charge < -0.3 is 4.98 Å². The van der Waals surface area contributed by atoms with Crippen LogP contribution in [0.4, 0.5) is 0 Å². The molecule has 1 unspecified atom stereocenters. The Morgan fingerprint density at radius 1 is 1.08 bits per heavy atom. The van der Waals surface area contributed by atoms with Crippen LogP contribution >= 0.6 is 0 Å². The summed E-state index contributed by atoms with van der Waals surface area (Å²) in [5, 5.41) is 1.36. The van der Waals surface area contributed by atoms with Crippen LogP contribution in [0.5, 0.6) is 0 Å². The minimum absolute atomic E-state index is 0.286. The molecule has 0 spiro atoms. The van der Waals surface area contributed by atoms with Crippen LogP contribution in [-0.4, -0.2) is 28.8 Å². The molecule has 3 aliphatic rings. The normalized spacial score (nSPS) is 28.8. The first-order valence-electron chi connectivity index (χ1n) is 9.67. The van der Waals surface area contributed by atoms with Crippen LogP contribution in [0.25, 0.3) is 10.9 Å². The van der Waals surface area contributed by atoms with Gasteiger partial charge in [0.05, 0.1) is 6.04 Å². The Balaban J connectivity index is 1.45. The van der Waals surface area contributed by atoms with Gasteiger partial charge in [0.25, 0.3) is 0 Å². The Hall–Kier alpha value is -1.61. The van der Waals surface area contributed by atoms with Crippen LogP contribution in [0.15, 0.2) is 24.3 Å². The van der Waals surface area contributed by atoms with Crippen LogP contribution in [0.1, 0.15) is 55.8 Å². The Kier molecular flexibility index (Phi) is 3.51. The highest BCUT2D eigenvalue weighted by Crippen LogP contribution is 2.42. The molecule has 2 fully saturated rings. The highest BCUT2D eigenvalue weighted by Gasteiger charge is 2.42. The second kappa shape index (κ2) is 5.73. The van der Waals surface area contributed by atoms with Gasteiger partial charge >= 0.3 is 0 Å². The summed E-state index contributed by atoms with van der Waals surface area (Å²) in [7, 11) is 0. The number of ketones is 1. The molecule has 126 valence electrons. The second-order valence-corrected chi connectivity index (χ2v) is 8.00. The lowest BCUT2D eigenvalue weighted by Crippen LogP contribution is -2.48. The lowest BCUT2D eigenvalue weighted by Gasteiger charge is -2.44. The number of nitrogens with one attached hydrogen (secondary N) is 1. The van der Waals surface area contributed by atoms with E-state index in [9.17, 15) is 4.79 Å². The maximum Gasteiger partial charge on any atom is 0.139 e. The largest absolute Gasteiger partial charge is 0.357 e. The third-order valence-corrected chi connectivity index (χ3v) is 6.73. The van der Waals surface area contributed by atoms with Crippen molar-refractivity contribution in [1.29, 1.82) is 0 Å². The fourth-order valence-corrected chi connectivity index (χ4v) is 5.46. The van der Waals surface area contributed by atoms with Crippen molar-refractivity contribution in [3.63, 3.8) is 0 Å². The third kappa shape index (κ3) is 2.25. The number of aromatic amines is 1. The Bertz CT molecular complexity index is 771. The molecule has 3 heterocycles. The SMILES string of the molecule is O=C1C[C@H]2c3[nH]c4ccccc4c3CCN2CC1C1CCCCC1. The van der Waals surface area contributed by atoms with Gasteiger partial charge in [0, 0.05) is 42.0 Å². The number of carbonyl (C=O) groups excluding carboxylic acids is 1. The molecule has 1 aliphatic carbocycles. The number of fused-ring (bicyclic) bond motifs is 5. The number of carbonyl (C=O) groups is 1. The van der Waals surface area contributed by atoms with Gasteiger partial charge in [0.1, 0.15) is 5.78 Å². The minimum Gasteiger partial charge on any atom is -0.357 e. The van der Waals surface area contributed by atoms with Gasteiger partial charge in [-0.1, -0.05) is 37.5 Å². The van der Waals surface area contributed by atoms with E-state index >= 15 is 0 Å². The summed E-state index contributed by atoms with van der Waals surface area (Å²) in [6.45, 7) is 2.10. The first kappa shape index (κ1) is 14.7. The summed E-state index contributed by atoms with van der Waals surface area (Å²) in [5.74, 6) is 1.47. The number of H-pyrrole nitrogens is 1. The lowest BCUT2D eigenvalue weighted by atomic mass is 9.73. The Morgan fingerprint density at radius 3 is 2.79 bits per heavy atom. The van der Waals surface area contributed by atoms with Crippen LogP contribution in [0.2, 0.25) is 0 Å². The molecule has 2 atom stereocenters. The van der Waals surface area contributed by atoms with Crippen molar-refractivity contribution in [2.45, 2.75) is 51.0 Å². The van der Waals surface area contributed by atoms with Gasteiger partial charge in [-0.15, -0.1) is 0 Å². The van der Waals surface area contributed by atoms with Crippen LogP contribution < -0.4 is 0 Å². The number of piperidine rings is 1. The van der Waals surface area contributed by atoms with Crippen molar-refractivity contribution >= 4 is 16.7 Å². The van der Waals surface area contributed by atoms with E-state index in [0.717, 1.165) is 19.5 Å². The first-order valence-corrected chi connectivity index (χ1v) is 9.67. The quantitative estimate of drug-likeness (QED) is 0.852. The van der Waals surface area contributed by atoms with Crippen molar-refractivity contribution in [1.82, 2.24) is 9.88 Å². The highest BCUT2D eigenvalue weighted by atomic mass is 16.1. The first-order chi connectivity index (χ1) is 11.8. The Morgan fingerprint density at radius 2 is 1.92 bits per heavy atom. The van der Waals surface area contributed by atoms with Gasteiger partial charge in [-0.3, -0.25) is 9.69 Å². The summed E-state index contributed by atoms with van der Waals surface area (Å²) < 4.78 is 0. The molecular formula is C21H26N2O. The van der Waals surface area contributed by atoms with Crippen LogP contribution in [0, 0.1) is 11.8 Å². The van der Waals surface area contributed by atoms with Crippen molar-refractivity contribution in [3.05, 3.63) is 35.5 Å². The van der Waals surface area contributed by atoms with Gasteiger partial charge in [-0.25, -0.2) is 0 Å². The maximum atomic E-state index is 12.9. The number of aromatic nitrogens is 1. The summed E-state index contributed by atoms with van der Waals surface area (Å²) in [6, 6.07) is 8.87. The molecule has 0 amide bonds. The van der Waals surface area contributed by atoms with Crippen molar-refractivity contribution < 1.29 is 4.79 Å². The number of hydrogen-bond donors (Lipinski definition) is 1. The number of Topliss-reactive ketones (excluding diaryl/α,β-unsaturated/α-hetero) is 1. The van der Waals surface area contributed by atoms with Crippen LogP contribution in [-0.2, 0) is 11.2 Å².